The molecule has 0 bridgehead atoms. The maximum Gasteiger partial charge on any atom is 0.123 e. The maximum atomic E-state index is 12.7. The molecule has 2 atom stereocenters. The first kappa shape index (κ1) is 11.9. The quantitative estimate of drug-likeness (QED) is 0.874. The van der Waals surface area contributed by atoms with E-state index in [4.69, 9.17) is 10.00 Å². The summed E-state index contributed by atoms with van der Waals surface area (Å²) in [5.74, 6) is -0.0659. The van der Waals surface area contributed by atoms with Crippen molar-refractivity contribution in [2.75, 3.05) is 18.5 Å². The summed E-state index contributed by atoms with van der Waals surface area (Å²) in [6, 6.07) is 8.02. The van der Waals surface area contributed by atoms with Crippen LogP contribution in [0.4, 0.5) is 10.1 Å². The van der Waals surface area contributed by atoms with Crippen LogP contribution in [0.3, 0.4) is 0 Å². The lowest BCUT2D eigenvalue weighted by Crippen LogP contribution is -2.33. The molecule has 2 rings (SSSR count). The lowest BCUT2D eigenvalue weighted by molar-refractivity contribution is 0.0532. The normalized spacial score (nSPS) is 21.5. The number of nitriles is 1. The van der Waals surface area contributed by atoms with Crippen LogP contribution >= 0.6 is 0 Å². The summed E-state index contributed by atoms with van der Waals surface area (Å²) in [5, 5.41) is 12.3. The van der Waals surface area contributed by atoms with Crippen molar-refractivity contribution in [3.8, 4) is 6.07 Å². The van der Waals surface area contributed by atoms with Gasteiger partial charge in [0, 0.05) is 18.2 Å². The smallest absolute Gasteiger partial charge is 0.123 e. The molecule has 2 unspecified atom stereocenters. The molecule has 1 heterocycles. The van der Waals surface area contributed by atoms with Crippen LogP contribution in [0.15, 0.2) is 24.3 Å². The van der Waals surface area contributed by atoms with Crippen LogP contribution in [0.1, 0.15) is 12.8 Å². The van der Waals surface area contributed by atoms with Crippen molar-refractivity contribution in [3.05, 3.63) is 30.1 Å². The Morgan fingerprint density at radius 2 is 2.18 bits per heavy atom. The molecule has 0 aromatic heterocycles. The van der Waals surface area contributed by atoms with Gasteiger partial charge in [-0.25, -0.2) is 4.39 Å². The van der Waals surface area contributed by atoms with Gasteiger partial charge >= 0.3 is 0 Å². The van der Waals surface area contributed by atoms with Gasteiger partial charge in [-0.3, -0.25) is 0 Å². The number of hydrogen-bond acceptors (Lipinski definition) is 3. The van der Waals surface area contributed by atoms with Gasteiger partial charge in [0.2, 0.25) is 0 Å². The van der Waals surface area contributed by atoms with Crippen molar-refractivity contribution >= 4 is 5.69 Å². The molecule has 17 heavy (non-hydrogen) atoms. The Kier molecular flexibility index (Phi) is 3.94. The summed E-state index contributed by atoms with van der Waals surface area (Å²) in [6.45, 7) is 1.40. The first-order chi connectivity index (χ1) is 8.29. The van der Waals surface area contributed by atoms with E-state index < -0.39 is 0 Å². The van der Waals surface area contributed by atoms with Gasteiger partial charge in [0.1, 0.15) is 11.9 Å². The van der Waals surface area contributed by atoms with Crippen LogP contribution in [-0.4, -0.2) is 19.3 Å². The SMILES string of the molecule is N#CC(Nc1ccc(F)cc1)C1CCCOC1. The van der Waals surface area contributed by atoms with Crippen LogP contribution < -0.4 is 5.32 Å². The standard InChI is InChI=1S/C13H15FN2O/c14-11-3-5-12(6-4-11)16-13(8-15)10-2-1-7-17-9-10/h3-6,10,13,16H,1-2,7,9H2. The molecule has 0 aliphatic carbocycles. The topological polar surface area (TPSA) is 45.0 Å². The number of nitrogens with zero attached hydrogens (tertiary/aromatic N) is 1. The number of benzene rings is 1. The van der Waals surface area contributed by atoms with Gasteiger partial charge in [0.25, 0.3) is 0 Å². The Labute approximate surface area is 100 Å². The Morgan fingerprint density at radius 3 is 2.76 bits per heavy atom. The van der Waals surface area contributed by atoms with E-state index in [0.717, 1.165) is 25.1 Å². The molecule has 1 aromatic carbocycles. The zero-order valence-electron chi connectivity index (χ0n) is 9.53. The molecular weight excluding hydrogens is 219 g/mol. The molecule has 1 aromatic rings. The highest BCUT2D eigenvalue weighted by Gasteiger charge is 2.23. The highest BCUT2D eigenvalue weighted by Crippen LogP contribution is 2.20. The van der Waals surface area contributed by atoms with E-state index in [1.807, 2.05) is 0 Å². The number of rotatable bonds is 3. The van der Waals surface area contributed by atoms with E-state index >= 15 is 0 Å². The van der Waals surface area contributed by atoms with Crippen LogP contribution in [0.2, 0.25) is 0 Å². The van der Waals surface area contributed by atoms with Gasteiger partial charge in [-0.05, 0) is 37.1 Å². The second-order valence-corrected chi connectivity index (χ2v) is 4.24. The monoisotopic (exact) mass is 234 g/mol. The zero-order valence-corrected chi connectivity index (χ0v) is 9.53. The molecule has 1 N–H and O–H groups in total. The molecule has 90 valence electrons. The predicted molar refractivity (Wildman–Crippen MR) is 63.0 cm³/mol. The number of ether oxygens (including phenoxy) is 1. The van der Waals surface area contributed by atoms with Gasteiger partial charge < -0.3 is 10.1 Å². The van der Waals surface area contributed by atoms with Crippen molar-refractivity contribution in [1.82, 2.24) is 0 Å². The second kappa shape index (κ2) is 5.65. The molecule has 0 spiro atoms. The van der Waals surface area contributed by atoms with Gasteiger partial charge in [-0.1, -0.05) is 0 Å². The Bertz CT molecular complexity index is 393. The first-order valence-electron chi connectivity index (χ1n) is 5.79. The molecule has 3 nitrogen and oxygen atoms in total. The summed E-state index contributed by atoms with van der Waals surface area (Å²) in [7, 11) is 0. The molecule has 1 fully saturated rings. The summed E-state index contributed by atoms with van der Waals surface area (Å²) >= 11 is 0. The Hall–Kier alpha value is -1.60. The molecule has 0 radical (unpaired) electrons. The minimum Gasteiger partial charge on any atom is -0.381 e. The zero-order chi connectivity index (χ0) is 12.1. The molecular formula is C13H15FN2O. The van der Waals surface area contributed by atoms with Crippen molar-refractivity contribution in [1.29, 1.82) is 5.26 Å². The van der Waals surface area contributed by atoms with E-state index in [1.54, 1.807) is 12.1 Å². The highest BCUT2D eigenvalue weighted by atomic mass is 19.1. The fourth-order valence-electron chi connectivity index (χ4n) is 2.01. The van der Waals surface area contributed by atoms with Crippen LogP contribution in [-0.2, 0) is 4.74 Å². The average molecular weight is 234 g/mol. The Balaban J connectivity index is 1.99. The highest BCUT2D eigenvalue weighted by molar-refractivity contribution is 5.45. The van der Waals surface area contributed by atoms with Gasteiger partial charge in [-0.2, -0.15) is 5.26 Å². The second-order valence-electron chi connectivity index (χ2n) is 4.24. The van der Waals surface area contributed by atoms with Crippen LogP contribution in [0.5, 0.6) is 0 Å². The third kappa shape index (κ3) is 3.18. The lowest BCUT2D eigenvalue weighted by Gasteiger charge is -2.27. The van der Waals surface area contributed by atoms with E-state index in [-0.39, 0.29) is 17.8 Å². The summed E-state index contributed by atoms with van der Waals surface area (Å²) in [5.41, 5.74) is 0.767. The van der Waals surface area contributed by atoms with E-state index in [2.05, 4.69) is 11.4 Å². The van der Waals surface area contributed by atoms with E-state index in [9.17, 15) is 4.39 Å². The van der Waals surface area contributed by atoms with Crippen molar-refractivity contribution in [2.45, 2.75) is 18.9 Å². The van der Waals surface area contributed by atoms with E-state index in [1.165, 1.54) is 12.1 Å². The third-order valence-electron chi connectivity index (χ3n) is 2.97. The molecule has 1 aliphatic heterocycles. The summed E-state index contributed by atoms with van der Waals surface area (Å²) in [4.78, 5) is 0. The molecule has 1 saturated heterocycles. The van der Waals surface area contributed by atoms with Gasteiger partial charge in [-0.15, -0.1) is 0 Å². The van der Waals surface area contributed by atoms with Crippen LogP contribution in [0.25, 0.3) is 0 Å². The van der Waals surface area contributed by atoms with Gasteiger partial charge in [0.15, 0.2) is 0 Å². The Morgan fingerprint density at radius 1 is 1.41 bits per heavy atom. The number of halogens is 1. The molecule has 0 saturated carbocycles. The maximum absolute atomic E-state index is 12.7. The number of anilines is 1. The minimum atomic E-state index is -0.277. The molecule has 1 aliphatic rings. The largest absolute Gasteiger partial charge is 0.381 e. The van der Waals surface area contributed by atoms with Crippen molar-refractivity contribution < 1.29 is 9.13 Å². The van der Waals surface area contributed by atoms with Crippen molar-refractivity contribution in [2.24, 2.45) is 5.92 Å². The van der Waals surface area contributed by atoms with Gasteiger partial charge in [0.05, 0.1) is 12.7 Å². The lowest BCUT2D eigenvalue weighted by atomic mass is 9.94. The van der Waals surface area contributed by atoms with Crippen LogP contribution in [0, 0.1) is 23.1 Å². The predicted octanol–water partition coefficient (Wildman–Crippen LogP) is 2.56. The molecule has 4 heteroatoms. The number of hydrogen-bond donors (Lipinski definition) is 1. The fourth-order valence-corrected chi connectivity index (χ4v) is 2.01. The summed E-state index contributed by atoms with van der Waals surface area (Å²) < 4.78 is 18.1. The third-order valence-corrected chi connectivity index (χ3v) is 2.97. The first-order valence-corrected chi connectivity index (χ1v) is 5.79. The summed E-state index contributed by atoms with van der Waals surface area (Å²) in [6.07, 6.45) is 1.99. The average Bonchev–Trinajstić information content (AvgIpc) is 2.39. The number of nitrogens with one attached hydrogen (secondary N) is 1. The van der Waals surface area contributed by atoms with E-state index in [0.29, 0.717) is 6.61 Å². The minimum absolute atomic E-state index is 0.207. The molecule has 0 amide bonds. The fraction of sp³-hybridized carbons (Fsp3) is 0.462. The van der Waals surface area contributed by atoms with Crippen molar-refractivity contribution in [3.63, 3.8) is 0 Å².